The number of hydrogen-bond donors (Lipinski definition) is 1. The minimum atomic E-state index is -0.0935. The maximum Gasteiger partial charge on any atom is 0.227 e. The molecule has 0 unspecified atom stereocenters. The third-order valence-electron chi connectivity index (χ3n) is 3.44. The number of aromatic nitrogens is 3. The molecule has 1 N–H and O–H groups in total. The van der Waals surface area contributed by atoms with Gasteiger partial charge in [0.05, 0.1) is 6.54 Å². The summed E-state index contributed by atoms with van der Waals surface area (Å²) in [7, 11) is 0. The summed E-state index contributed by atoms with van der Waals surface area (Å²) < 4.78 is 11.7. The van der Waals surface area contributed by atoms with Crippen LogP contribution in [0.4, 0.5) is 0 Å². The molecule has 8 heteroatoms. The van der Waals surface area contributed by atoms with Crippen LogP contribution in [0.1, 0.15) is 12.3 Å². The number of ether oxygens (including phenoxy) is 1. The molecule has 2 aromatic heterocycles. The molecule has 0 radical (unpaired) electrons. The predicted molar refractivity (Wildman–Crippen MR) is 98.5 cm³/mol. The molecule has 1 aromatic carbocycles. The maximum absolute atomic E-state index is 11.9. The minimum Gasteiger partial charge on any atom is -0.492 e. The second-order valence-electron chi connectivity index (χ2n) is 5.41. The Morgan fingerprint density at radius 1 is 1.27 bits per heavy atom. The van der Waals surface area contributed by atoms with Crippen LogP contribution in [0.5, 0.6) is 5.75 Å². The van der Waals surface area contributed by atoms with Crippen molar-refractivity contribution in [3.8, 4) is 17.1 Å². The van der Waals surface area contributed by atoms with E-state index >= 15 is 0 Å². The molecule has 3 aromatic rings. The second kappa shape index (κ2) is 9.10. The Labute approximate surface area is 158 Å². The molecule has 7 nitrogen and oxygen atoms in total. The van der Waals surface area contributed by atoms with E-state index in [0.717, 1.165) is 15.8 Å². The van der Waals surface area contributed by atoms with Gasteiger partial charge < -0.3 is 14.6 Å². The van der Waals surface area contributed by atoms with Crippen molar-refractivity contribution >= 4 is 21.8 Å². The van der Waals surface area contributed by atoms with Gasteiger partial charge in [-0.1, -0.05) is 27.2 Å². The van der Waals surface area contributed by atoms with E-state index < -0.39 is 0 Å². The molecule has 0 bridgehead atoms. The summed E-state index contributed by atoms with van der Waals surface area (Å²) in [6.45, 7) is 0.823. The van der Waals surface area contributed by atoms with Gasteiger partial charge in [-0.15, -0.1) is 0 Å². The Balaban J connectivity index is 1.37. The number of rotatable bonds is 8. The fourth-order valence-corrected chi connectivity index (χ4v) is 2.57. The van der Waals surface area contributed by atoms with E-state index in [4.69, 9.17) is 9.26 Å². The average molecular weight is 417 g/mol. The predicted octanol–water partition coefficient (Wildman–Crippen LogP) is 3.02. The Bertz CT molecular complexity index is 854. The second-order valence-corrected chi connectivity index (χ2v) is 6.32. The monoisotopic (exact) mass is 416 g/mol. The van der Waals surface area contributed by atoms with E-state index in [2.05, 4.69) is 36.4 Å². The lowest BCUT2D eigenvalue weighted by atomic mass is 10.2. The molecule has 0 saturated carbocycles. The first-order chi connectivity index (χ1) is 12.7. The first kappa shape index (κ1) is 18.1. The van der Waals surface area contributed by atoms with Crippen LogP contribution in [0.2, 0.25) is 0 Å². The lowest BCUT2D eigenvalue weighted by Gasteiger charge is -2.07. The van der Waals surface area contributed by atoms with Crippen molar-refractivity contribution in [2.75, 3.05) is 13.2 Å². The third kappa shape index (κ3) is 5.38. The molecule has 1 amide bonds. The lowest BCUT2D eigenvalue weighted by molar-refractivity contribution is -0.121. The van der Waals surface area contributed by atoms with Gasteiger partial charge in [0.25, 0.3) is 0 Å². The van der Waals surface area contributed by atoms with Crippen LogP contribution >= 0.6 is 15.9 Å². The molecule has 2 heterocycles. The highest BCUT2D eigenvalue weighted by Gasteiger charge is 2.10. The van der Waals surface area contributed by atoms with E-state index in [1.54, 1.807) is 18.5 Å². The van der Waals surface area contributed by atoms with Crippen LogP contribution in [-0.4, -0.2) is 34.2 Å². The Hall–Kier alpha value is -2.74. The van der Waals surface area contributed by atoms with E-state index in [1.165, 1.54) is 0 Å². The van der Waals surface area contributed by atoms with Crippen LogP contribution in [0.25, 0.3) is 11.4 Å². The third-order valence-corrected chi connectivity index (χ3v) is 3.94. The van der Waals surface area contributed by atoms with E-state index in [9.17, 15) is 4.79 Å². The molecule has 0 atom stereocenters. The highest BCUT2D eigenvalue weighted by molar-refractivity contribution is 9.10. The van der Waals surface area contributed by atoms with Crippen LogP contribution < -0.4 is 10.1 Å². The molecular formula is C18H17BrN4O3. The number of amides is 1. The number of halogens is 1. The Morgan fingerprint density at radius 3 is 3.00 bits per heavy atom. The summed E-state index contributed by atoms with van der Waals surface area (Å²) in [4.78, 5) is 20.2. The van der Waals surface area contributed by atoms with E-state index in [1.807, 2.05) is 30.3 Å². The fourth-order valence-electron chi connectivity index (χ4n) is 2.19. The first-order valence-corrected chi connectivity index (χ1v) is 8.88. The molecule has 0 spiro atoms. The van der Waals surface area contributed by atoms with Gasteiger partial charge in [-0.05, 0) is 30.3 Å². The van der Waals surface area contributed by atoms with Crippen LogP contribution in [0.3, 0.4) is 0 Å². The molecule has 0 aliphatic carbocycles. The van der Waals surface area contributed by atoms with Crippen molar-refractivity contribution in [3.05, 3.63) is 59.2 Å². The van der Waals surface area contributed by atoms with Crippen molar-refractivity contribution in [3.63, 3.8) is 0 Å². The smallest absolute Gasteiger partial charge is 0.227 e. The van der Waals surface area contributed by atoms with Crippen molar-refractivity contribution < 1.29 is 14.1 Å². The minimum absolute atomic E-state index is 0.0935. The Morgan fingerprint density at radius 2 is 2.19 bits per heavy atom. The molecule has 26 heavy (non-hydrogen) atoms. The van der Waals surface area contributed by atoms with Crippen molar-refractivity contribution in [2.24, 2.45) is 0 Å². The van der Waals surface area contributed by atoms with Crippen LogP contribution in [0.15, 0.2) is 57.8 Å². The topological polar surface area (TPSA) is 90.1 Å². The number of nitrogens with one attached hydrogen (secondary N) is 1. The highest BCUT2D eigenvalue weighted by Crippen LogP contribution is 2.17. The highest BCUT2D eigenvalue weighted by atomic mass is 79.9. The van der Waals surface area contributed by atoms with Gasteiger partial charge in [0.2, 0.25) is 17.6 Å². The number of hydrogen-bond acceptors (Lipinski definition) is 6. The van der Waals surface area contributed by atoms with E-state index in [0.29, 0.717) is 31.3 Å². The summed E-state index contributed by atoms with van der Waals surface area (Å²) >= 11 is 3.38. The normalized spacial score (nSPS) is 10.5. The number of benzene rings is 1. The molecule has 3 rings (SSSR count). The lowest BCUT2D eigenvalue weighted by Crippen LogP contribution is -2.28. The molecular weight excluding hydrogens is 400 g/mol. The average Bonchev–Trinajstić information content (AvgIpc) is 3.13. The fraction of sp³-hybridized carbons (Fsp3) is 0.222. The van der Waals surface area contributed by atoms with Crippen molar-refractivity contribution in [1.82, 2.24) is 20.4 Å². The molecule has 134 valence electrons. The maximum atomic E-state index is 11.9. The molecule has 0 fully saturated rings. The summed E-state index contributed by atoms with van der Waals surface area (Å²) in [6, 6.07) is 11.2. The number of carbonyl (C=O) groups excluding carboxylic acids is 1. The molecule has 0 saturated heterocycles. The Kier molecular flexibility index (Phi) is 6.32. The number of carbonyl (C=O) groups is 1. The summed E-state index contributed by atoms with van der Waals surface area (Å²) in [5, 5.41) is 6.70. The number of aryl methyl sites for hydroxylation is 1. The quantitative estimate of drug-likeness (QED) is 0.567. The number of pyridine rings is 1. The van der Waals surface area contributed by atoms with Gasteiger partial charge in [-0.25, -0.2) is 0 Å². The van der Waals surface area contributed by atoms with Gasteiger partial charge in [-0.3, -0.25) is 9.78 Å². The zero-order valence-electron chi connectivity index (χ0n) is 13.9. The number of nitrogens with zero attached hydrogens (tertiary/aromatic N) is 3. The largest absolute Gasteiger partial charge is 0.492 e. The van der Waals surface area contributed by atoms with Gasteiger partial charge in [0, 0.05) is 35.3 Å². The zero-order chi connectivity index (χ0) is 18.2. The molecule has 0 aliphatic heterocycles. The van der Waals surface area contributed by atoms with Crippen molar-refractivity contribution in [1.29, 1.82) is 0 Å². The van der Waals surface area contributed by atoms with Gasteiger partial charge in [-0.2, -0.15) is 4.98 Å². The van der Waals surface area contributed by atoms with Gasteiger partial charge in [0.1, 0.15) is 12.4 Å². The van der Waals surface area contributed by atoms with Crippen LogP contribution in [0, 0.1) is 0 Å². The van der Waals surface area contributed by atoms with E-state index in [-0.39, 0.29) is 12.3 Å². The first-order valence-electron chi connectivity index (χ1n) is 8.09. The summed E-state index contributed by atoms with van der Waals surface area (Å²) in [5.41, 5.74) is 0.775. The summed E-state index contributed by atoms with van der Waals surface area (Å²) in [5.74, 6) is 1.55. The zero-order valence-corrected chi connectivity index (χ0v) is 15.5. The van der Waals surface area contributed by atoms with Crippen LogP contribution in [-0.2, 0) is 11.2 Å². The van der Waals surface area contributed by atoms with Gasteiger partial charge in [0.15, 0.2) is 0 Å². The standard InChI is InChI=1S/C18H17BrN4O3/c19-14-4-1-5-15(11-14)25-10-9-21-16(24)6-7-17-22-18(23-26-17)13-3-2-8-20-12-13/h1-5,8,11-12H,6-7,9-10H2,(H,21,24). The molecule has 0 aliphatic rings. The SMILES string of the molecule is O=C(CCc1nc(-c2cccnc2)no1)NCCOc1cccc(Br)c1. The van der Waals surface area contributed by atoms with Crippen molar-refractivity contribution in [2.45, 2.75) is 12.8 Å². The summed E-state index contributed by atoms with van der Waals surface area (Å²) in [6.07, 6.45) is 3.99. The van der Waals surface area contributed by atoms with Gasteiger partial charge >= 0.3 is 0 Å².